The Hall–Kier alpha value is -1.30. The van der Waals surface area contributed by atoms with E-state index in [-0.39, 0.29) is 24.9 Å². The van der Waals surface area contributed by atoms with E-state index in [0.717, 1.165) is 36.6 Å². The van der Waals surface area contributed by atoms with E-state index in [0.29, 0.717) is 0 Å². The van der Waals surface area contributed by atoms with Crippen LogP contribution in [0.2, 0.25) is 0 Å². The SMILES string of the molecule is COc1cc(CN2C[C@H](OC)C[C@H]2CO)ccc1OC(C)C. The van der Waals surface area contributed by atoms with E-state index >= 15 is 0 Å². The zero-order valence-electron chi connectivity index (χ0n) is 13.9. The third kappa shape index (κ3) is 4.12. The van der Waals surface area contributed by atoms with Gasteiger partial charge in [-0.2, -0.15) is 0 Å². The zero-order valence-corrected chi connectivity index (χ0v) is 13.9. The minimum Gasteiger partial charge on any atom is -0.493 e. The largest absolute Gasteiger partial charge is 0.493 e. The average Bonchev–Trinajstić information content (AvgIpc) is 2.90. The molecule has 1 aromatic rings. The van der Waals surface area contributed by atoms with Gasteiger partial charge in [-0.1, -0.05) is 6.07 Å². The Morgan fingerprint density at radius 2 is 2.05 bits per heavy atom. The summed E-state index contributed by atoms with van der Waals surface area (Å²) in [6.07, 6.45) is 1.18. The molecule has 1 saturated heterocycles. The summed E-state index contributed by atoms with van der Waals surface area (Å²) in [6, 6.07) is 6.16. The van der Waals surface area contributed by atoms with Crippen LogP contribution in [0.15, 0.2) is 18.2 Å². The average molecular weight is 309 g/mol. The molecule has 2 rings (SSSR count). The Morgan fingerprint density at radius 1 is 1.27 bits per heavy atom. The molecule has 1 fully saturated rings. The molecule has 1 aliphatic rings. The predicted molar refractivity (Wildman–Crippen MR) is 85.5 cm³/mol. The van der Waals surface area contributed by atoms with Crippen molar-refractivity contribution >= 4 is 0 Å². The molecule has 1 heterocycles. The third-order valence-corrected chi connectivity index (χ3v) is 4.01. The number of nitrogens with zero attached hydrogens (tertiary/aromatic N) is 1. The second-order valence-electron chi connectivity index (χ2n) is 6.01. The fraction of sp³-hybridized carbons (Fsp3) is 0.647. The second kappa shape index (κ2) is 7.81. The van der Waals surface area contributed by atoms with Crippen LogP contribution >= 0.6 is 0 Å². The van der Waals surface area contributed by atoms with E-state index in [1.165, 1.54) is 0 Å². The van der Waals surface area contributed by atoms with Crippen LogP contribution in [0.3, 0.4) is 0 Å². The maximum absolute atomic E-state index is 9.53. The van der Waals surface area contributed by atoms with Crippen molar-refractivity contribution in [3.05, 3.63) is 23.8 Å². The maximum Gasteiger partial charge on any atom is 0.161 e. The number of likely N-dealkylation sites (tertiary alicyclic amines) is 1. The molecule has 22 heavy (non-hydrogen) atoms. The molecular weight excluding hydrogens is 282 g/mol. The molecule has 1 N–H and O–H groups in total. The lowest BCUT2D eigenvalue weighted by atomic mass is 10.1. The molecule has 2 atom stereocenters. The summed E-state index contributed by atoms with van der Waals surface area (Å²) in [5.41, 5.74) is 1.14. The van der Waals surface area contributed by atoms with Gasteiger partial charge in [0.15, 0.2) is 11.5 Å². The van der Waals surface area contributed by atoms with E-state index in [1.54, 1.807) is 14.2 Å². The van der Waals surface area contributed by atoms with Gasteiger partial charge in [-0.05, 0) is 38.0 Å². The molecule has 0 aliphatic carbocycles. The summed E-state index contributed by atoms with van der Waals surface area (Å²) >= 11 is 0. The maximum atomic E-state index is 9.53. The first-order chi connectivity index (χ1) is 10.6. The van der Waals surface area contributed by atoms with Crippen molar-refractivity contribution in [2.45, 2.75) is 45.1 Å². The quantitative estimate of drug-likeness (QED) is 0.835. The summed E-state index contributed by atoms with van der Waals surface area (Å²) in [4.78, 5) is 2.26. The number of hydrogen-bond donors (Lipinski definition) is 1. The van der Waals surface area contributed by atoms with Crippen molar-refractivity contribution in [3.63, 3.8) is 0 Å². The molecule has 0 amide bonds. The van der Waals surface area contributed by atoms with Gasteiger partial charge in [0, 0.05) is 26.2 Å². The van der Waals surface area contributed by atoms with E-state index in [2.05, 4.69) is 11.0 Å². The lowest BCUT2D eigenvalue weighted by Crippen LogP contribution is -2.31. The first-order valence-electron chi connectivity index (χ1n) is 7.78. The van der Waals surface area contributed by atoms with Gasteiger partial charge in [-0.25, -0.2) is 0 Å². The molecule has 124 valence electrons. The normalized spacial score (nSPS) is 22.3. The second-order valence-corrected chi connectivity index (χ2v) is 6.01. The van der Waals surface area contributed by atoms with Crippen LogP contribution < -0.4 is 9.47 Å². The third-order valence-electron chi connectivity index (χ3n) is 4.01. The van der Waals surface area contributed by atoms with Gasteiger partial charge < -0.3 is 19.3 Å². The van der Waals surface area contributed by atoms with Gasteiger partial charge in [0.2, 0.25) is 0 Å². The standard InChI is InChI=1S/C17H27NO4/c1-12(2)22-16-6-5-13(7-17(16)21-4)9-18-10-15(20-3)8-14(18)11-19/h5-7,12,14-15,19H,8-11H2,1-4H3/t14-,15+/m0/s1. The van der Waals surface area contributed by atoms with Gasteiger partial charge in [0.05, 0.1) is 25.9 Å². The van der Waals surface area contributed by atoms with Crippen molar-refractivity contribution in [1.82, 2.24) is 4.90 Å². The molecular formula is C17H27NO4. The molecule has 0 radical (unpaired) electrons. The summed E-state index contributed by atoms with van der Waals surface area (Å²) in [7, 11) is 3.38. The first-order valence-corrected chi connectivity index (χ1v) is 7.78. The molecule has 0 spiro atoms. The smallest absolute Gasteiger partial charge is 0.161 e. The fourth-order valence-electron chi connectivity index (χ4n) is 2.89. The molecule has 5 nitrogen and oxygen atoms in total. The minimum atomic E-state index is 0.111. The van der Waals surface area contributed by atoms with Crippen molar-refractivity contribution in [2.24, 2.45) is 0 Å². The lowest BCUT2D eigenvalue weighted by Gasteiger charge is -2.23. The Kier molecular flexibility index (Phi) is 6.06. The number of benzene rings is 1. The molecule has 1 aromatic carbocycles. The van der Waals surface area contributed by atoms with Crippen LogP contribution in [-0.2, 0) is 11.3 Å². The van der Waals surface area contributed by atoms with Crippen LogP contribution in [0.4, 0.5) is 0 Å². The molecule has 5 heteroatoms. The Bertz CT molecular complexity index is 478. The summed E-state index contributed by atoms with van der Waals surface area (Å²) in [6.45, 7) is 5.76. The number of aliphatic hydroxyl groups excluding tert-OH is 1. The fourth-order valence-corrected chi connectivity index (χ4v) is 2.89. The number of ether oxygens (including phenoxy) is 3. The van der Waals surface area contributed by atoms with Crippen molar-refractivity contribution in [2.75, 3.05) is 27.4 Å². The molecule has 0 saturated carbocycles. The summed E-state index contributed by atoms with van der Waals surface area (Å²) < 4.78 is 16.6. The van der Waals surface area contributed by atoms with Crippen LogP contribution in [0.25, 0.3) is 0 Å². The molecule has 1 aliphatic heterocycles. The van der Waals surface area contributed by atoms with Crippen LogP contribution in [0, 0.1) is 0 Å². The highest BCUT2D eigenvalue weighted by molar-refractivity contribution is 5.43. The van der Waals surface area contributed by atoms with Gasteiger partial charge in [-0.3, -0.25) is 4.90 Å². The minimum absolute atomic E-state index is 0.111. The van der Waals surface area contributed by atoms with Gasteiger partial charge in [-0.15, -0.1) is 0 Å². The van der Waals surface area contributed by atoms with Crippen molar-refractivity contribution in [3.8, 4) is 11.5 Å². The predicted octanol–water partition coefficient (Wildman–Crippen LogP) is 2.06. The lowest BCUT2D eigenvalue weighted by molar-refractivity contribution is 0.107. The first kappa shape index (κ1) is 17.1. The highest BCUT2D eigenvalue weighted by Gasteiger charge is 2.31. The summed E-state index contributed by atoms with van der Waals surface area (Å²) in [5.74, 6) is 1.50. The van der Waals surface area contributed by atoms with Crippen LogP contribution in [0.5, 0.6) is 11.5 Å². The van der Waals surface area contributed by atoms with Crippen LogP contribution in [0.1, 0.15) is 25.8 Å². The Morgan fingerprint density at radius 3 is 2.64 bits per heavy atom. The Balaban J connectivity index is 2.09. The van der Waals surface area contributed by atoms with Gasteiger partial charge >= 0.3 is 0 Å². The van der Waals surface area contributed by atoms with Crippen molar-refractivity contribution < 1.29 is 19.3 Å². The highest BCUT2D eigenvalue weighted by atomic mass is 16.5. The molecule has 0 aromatic heterocycles. The van der Waals surface area contributed by atoms with E-state index in [4.69, 9.17) is 14.2 Å². The van der Waals surface area contributed by atoms with E-state index < -0.39 is 0 Å². The van der Waals surface area contributed by atoms with Crippen molar-refractivity contribution in [1.29, 1.82) is 0 Å². The van der Waals surface area contributed by atoms with Crippen LogP contribution in [-0.4, -0.2) is 55.6 Å². The van der Waals surface area contributed by atoms with E-state index in [1.807, 2.05) is 26.0 Å². The van der Waals surface area contributed by atoms with Gasteiger partial charge in [0.1, 0.15) is 0 Å². The van der Waals surface area contributed by atoms with Gasteiger partial charge in [0.25, 0.3) is 0 Å². The number of methoxy groups -OCH3 is 2. The molecule has 0 bridgehead atoms. The summed E-state index contributed by atoms with van der Waals surface area (Å²) in [5, 5.41) is 9.53. The zero-order chi connectivity index (χ0) is 16.1. The molecule has 0 unspecified atom stereocenters. The number of rotatable bonds is 7. The highest BCUT2D eigenvalue weighted by Crippen LogP contribution is 2.30. The topological polar surface area (TPSA) is 51.2 Å². The van der Waals surface area contributed by atoms with E-state index in [9.17, 15) is 5.11 Å². The number of aliphatic hydroxyl groups is 1. The Labute approximate surface area is 132 Å². The monoisotopic (exact) mass is 309 g/mol. The number of hydrogen-bond acceptors (Lipinski definition) is 5.